The maximum Gasteiger partial charge on any atom is 0.303 e. The second kappa shape index (κ2) is 11.3. The highest BCUT2D eigenvalue weighted by Crippen LogP contribution is 2.35. The van der Waals surface area contributed by atoms with Gasteiger partial charge in [-0.2, -0.15) is 0 Å². The molecule has 0 N–H and O–H groups in total. The van der Waals surface area contributed by atoms with Crippen molar-refractivity contribution < 1.29 is 42.9 Å². The van der Waals surface area contributed by atoms with E-state index in [9.17, 15) is 19.2 Å². The summed E-state index contributed by atoms with van der Waals surface area (Å²) in [5.41, 5.74) is 1.15. The fourth-order valence-electron chi connectivity index (χ4n) is 3.57. The quantitative estimate of drug-likeness (QED) is 0.398. The Morgan fingerprint density at radius 1 is 0.886 bits per heavy atom. The predicted molar refractivity (Wildman–Crippen MR) is 118 cm³/mol. The minimum absolute atomic E-state index is 0.340. The summed E-state index contributed by atoms with van der Waals surface area (Å²) in [6.45, 7) is 4.31. The number of rotatable bonds is 7. The maximum absolute atomic E-state index is 12.0. The van der Waals surface area contributed by atoms with Gasteiger partial charge >= 0.3 is 23.9 Å². The van der Waals surface area contributed by atoms with Gasteiger partial charge in [0.25, 0.3) is 0 Å². The lowest BCUT2D eigenvalue weighted by Gasteiger charge is -2.44. The summed E-state index contributed by atoms with van der Waals surface area (Å²) in [5.74, 6) is -2.76. The zero-order valence-electron chi connectivity index (χ0n) is 19.4. The third-order valence-electron chi connectivity index (χ3n) is 4.88. The number of benzene rings is 1. The van der Waals surface area contributed by atoms with Crippen molar-refractivity contribution >= 4 is 35.5 Å². The van der Waals surface area contributed by atoms with Crippen LogP contribution in [-0.2, 0) is 42.9 Å². The summed E-state index contributed by atoms with van der Waals surface area (Å²) in [7, 11) is 0. The van der Waals surface area contributed by atoms with E-state index in [1.54, 1.807) is 24.3 Å². The highest BCUT2D eigenvalue weighted by molar-refractivity contribution is 6.30. The Balaban J connectivity index is 2.03. The number of halogens is 1. The zero-order valence-corrected chi connectivity index (χ0v) is 20.1. The summed E-state index contributed by atoms with van der Waals surface area (Å²) in [5, 5.41) is 8.76. The molecule has 1 aromatic heterocycles. The molecule has 0 spiro atoms. The molecule has 0 amide bonds. The molecule has 1 fully saturated rings. The molecule has 1 saturated heterocycles. The molecule has 12 nitrogen and oxygen atoms in total. The van der Waals surface area contributed by atoms with Gasteiger partial charge in [-0.1, -0.05) is 28.9 Å². The number of carbonyl (C=O) groups excluding carboxylic acids is 4. The summed E-state index contributed by atoms with van der Waals surface area (Å²) in [6.07, 6.45) is -4.58. The molecule has 5 atom stereocenters. The van der Waals surface area contributed by atoms with Crippen LogP contribution in [0, 0.1) is 0 Å². The molecule has 0 saturated carbocycles. The van der Waals surface area contributed by atoms with E-state index in [2.05, 4.69) is 10.3 Å². The lowest BCUT2D eigenvalue weighted by Crippen LogP contribution is -2.60. The smallest absolute Gasteiger partial charge is 0.303 e. The molecule has 0 bridgehead atoms. The molecule has 1 aromatic carbocycles. The summed E-state index contributed by atoms with van der Waals surface area (Å²) in [6, 6.07) is 6.85. The molecule has 0 unspecified atom stereocenters. The Morgan fingerprint density at radius 2 is 1.46 bits per heavy atom. The second-order valence-corrected chi connectivity index (χ2v) is 8.12. The average Bonchev–Trinajstić information content (AvgIpc) is 3.24. The minimum Gasteiger partial charge on any atom is -0.463 e. The number of ether oxygens (including phenoxy) is 5. The van der Waals surface area contributed by atoms with Crippen LogP contribution in [0.25, 0.3) is 11.3 Å². The highest BCUT2D eigenvalue weighted by atomic mass is 35.5. The van der Waals surface area contributed by atoms with Crippen LogP contribution in [0.2, 0.25) is 5.02 Å². The van der Waals surface area contributed by atoms with E-state index < -0.39 is 54.5 Å². The van der Waals surface area contributed by atoms with Gasteiger partial charge in [0, 0.05) is 38.3 Å². The first-order valence-corrected chi connectivity index (χ1v) is 10.9. The van der Waals surface area contributed by atoms with Gasteiger partial charge in [0.05, 0.1) is 6.20 Å². The molecule has 13 heteroatoms. The Labute approximate surface area is 205 Å². The van der Waals surface area contributed by atoms with E-state index in [-0.39, 0.29) is 6.61 Å². The fraction of sp³-hybridized carbons (Fsp3) is 0.455. The molecule has 188 valence electrons. The zero-order chi connectivity index (χ0) is 25.7. The third kappa shape index (κ3) is 6.76. The van der Waals surface area contributed by atoms with Crippen LogP contribution in [0.3, 0.4) is 0 Å². The van der Waals surface area contributed by atoms with Crippen LogP contribution in [0.5, 0.6) is 0 Å². The maximum atomic E-state index is 12.0. The SMILES string of the molecule is CC(=O)OC[C@H]1O[C@@H](n2cc(-c3ccc(Cl)cc3)nn2)[C@H](OC(C)=O)[C@@H](OC(C)=O)[C@@H]1OC(C)=O. The van der Waals surface area contributed by atoms with E-state index in [0.29, 0.717) is 16.3 Å². The molecular weight excluding hydrogens is 486 g/mol. The molecule has 2 aromatic rings. The number of aromatic nitrogens is 3. The van der Waals surface area contributed by atoms with Crippen LogP contribution in [0.4, 0.5) is 0 Å². The van der Waals surface area contributed by atoms with E-state index >= 15 is 0 Å². The van der Waals surface area contributed by atoms with Gasteiger partial charge < -0.3 is 23.7 Å². The number of carbonyl (C=O) groups is 4. The first kappa shape index (κ1) is 26.1. The van der Waals surface area contributed by atoms with Crippen LogP contribution < -0.4 is 0 Å². The first-order valence-electron chi connectivity index (χ1n) is 10.5. The Hall–Kier alpha value is -3.51. The fourth-order valence-corrected chi connectivity index (χ4v) is 3.70. The van der Waals surface area contributed by atoms with Crippen molar-refractivity contribution in [3.8, 4) is 11.3 Å². The topological polar surface area (TPSA) is 145 Å². The van der Waals surface area contributed by atoms with Gasteiger partial charge in [0.15, 0.2) is 24.5 Å². The van der Waals surface area contributed by atoms with Gasteiger partial charge in [0.1, 0.15) is 18.4 Å². The first-order chi connectivity index (χ1) is 16.5. The second-order valence-electron chi connectivity index (χ2n) is 7.68. The van der Waals surface area contributed by atoms with E-state index in [1.807, 2.05) is 0 Å². The summed E-state index contributed by atoms with van der Waals surface area (Å²) < 4.78 is 28.6. The molecule has 1 aliphatic heterocycles. The van der Waals surface area contributed by atoms with Crippen molar-refractivity contribution in [2.45, 2.75) is 58.3 Å². The average molecular weight is 510 g/mol. The van der Waals surface area contributed by atoms with Gasteiger partial charge in [-0.15, -0.1) is 5.10 Å². The van der Waals surface area contributed by atoms with Crippen molar-refractivity contribution in [3.05, 3.63) is 35.5 Å². The van der Waals surface area contributed by atoms with Gasteiger partial charge in [-0.3, -0.25) is 19.2 Å². The number of hydrogen-bond donors (Lipinski definition) is 0. The van der Waals surface area contributed by atoms with Crippen molar-refractivity contribution in [1.82, 2.24) is 15.0 Å². The molecule has 1 aliphatic rings. The number of hydrogen-bond acceptors (Lipinski definition) is 11. The van der Waals surface area contributed by atoms with E-state index in [0.717, 1.165) is 20.8 Å². The van der Waals surface area contributed by atoms with Crippen molar-refractivity contribution in [2.75, 3.05) is 6.61 Å². The lowest BCUT2D eigenvalue weighted by molar-refractivity contribution is -0.270. The van der Waals surface area contributed by atoms with Crippen molar-refractivity contribution in [3.63, 3.8) is 0 Å². The molecule has 3 rings (SSSR count). The minimum atomic E-state index is -1.30. The van der Waals surface area contributed by atoms with Crippen LogP contribution >= 0.6 is 11.6 Å². The molecule has 35 heavy (non-hydrogen) atoms. The molecule has 2 heterocycles. The summed E-state index contributed by atoms with van der Waals surface area (Å²) >= 11 is 5.95. The van der Waals surface area contributed by atoms with Crippen molar-refractivity contribution in [1.29, 1.82) is 0 Å². The molecular formula is C22H24ClN3O9. The Kier molecular flexibility index (Phi) is 8.41. The van der Waals surface area contributed by atoms with Crippen molar-refractivity contribution in [2.24, 2.45) is 0 Å². The van der Waals surface area contributed by atoms with Gasteiger partial charge in [-0.05, 0) is 12.1 Å². The van der Waals surface area contributed by atoms with Gasteiger partial charge in [-0.25, -0.2) is 4.68 Å². The number of nitrogens with zero attached hydrogens (tertiary/aromatic N) is 3. The Bertz CT molecular complexity index is 1090. The van der Waals surface area contributed by atoms with Crippen LogP contribution in [0.15, 0.2) is 30.5 Å². The van der Waals surface area contributed by atoms with E-state index in [4.69, 9.17) is 35.3 Å². The Morgan fingerprint density at radius 3 is 2.03 bits per heavy atom. The molecule has 0 radical (unpaired) electrons. The monoisotopic (exact) mass is 509 g/mol. The largest absolute Gasteiger partial charge is 0.463 e. The molecule has 0 aliphatic carbocycles. The van der Waals surface area contributed by atoms with Gasteiger partial charge in [0.2, 0.25) is 0 Å². The standard InChI is InChI=1S/C22H24ClN3O9/c1-11(27)31-10-18-19(32-12(2)28)20(33-13(3)29)21(34-14(4)30)22(35-18)26-9-17(24-25-26)15-5-7-16(23)8-6-15/h5-9,18-22H,10H2,1-4H3/t18-,19-,20+,21-,22-/m1/s1. The normalized spacial score (nSPS) is 23.7. The lowest BCUT2D eigenvalue weighted by atomic mass is 9.97. The summed E-state index contributed by atoms with van der Waals surface area (Å²) in [4.78, 5) is 47.1. The third-order valence-corrected chi connectivity index (χ3v) is 5.13. The van der Waals surface area contributed by atoms with E-state index in [1.165, 1.54) is 17.8 Å². The highest BCUT2D eigenvalue weighted by Gasteiger charge is 2.53. The van der Waals surface area contributed by atoms with Crippen LogP contribution in [-0.4, -0.2) is 69.9 Å². The predicted octanol–water partition coefficient (Wildman–Crippen LogP) is 1.85. The van der Waals surface area contributed by atoms with Crippen LogP contribution in [0.1, 0.15) is 33.9 Å². The number of esters is 4.